The van der Waals surface area contributed by atoms with Crippen molar-refractivity contribution in [3.63, 3.8) is 0 Å². The van der Waals surface area contributed by atoms with Crippen LogP contribution >= 0.6 is 27.3 Å². The number of nitrogens with one attached hydrogen (secondary N) is 1. The van der Waals surface area contributed by atoms with Crippen LogP contribution in [0.1, 0.15) is 32.9 Å². The van der Waals surface area contributed by atoms with E-state index in [0.717, 1.165) is 32.8 Å². The van der Waals surface area contributed by atoms with E-state index < -0.39 is 0 Å². The molecule has 1 heterocycles. The normalized spacial score (nSPS) is 10.5. The Hall–Kier alpha value is -1.20. The maximum Gasteiger partial charge on any atom is 0.267 e. The quantitative estimate of drug-likeness (QED) is 0.904. The highest BCUT2D eigenvalue weighted by molar-refractivity contribution is 9.10. The van der Waals surface area contributed by atoms with Gasteiger partial charge in [-0.1, -0.05) is 22.9 Å². The Morgan fingerprint density at radius 1 is 1.42 bits per heavy atom. The van der Waals surface area contributed by atoms with Crippen LogP contribution in [-0.4, -0.2) is 10.9 Å². The molecule has 0 saturated carbocycles. The van der Waals surface area contributed by atoms with E-state index in [2.05, 4.69) is 33.2 Å². The number of carbonyl (C=O) groups is 1. The topological polar surface area (TPSA) is 42.0 Å². The highest BCUT2D eigenvalue weighted by Crippen LogP contribution is 2.24. The lowest BCUT2D eigenvalue weighted by molar-refractivity contribution is 0.102. The van der Waals surface area contributed by atoms with Crippen LogP contribution in [0.3, 0.4) is 0 Å². The predicted octanol–water partition coefficient (Wildman–Crippen LogP) is 4.34. The van der Waals surface area contributed by atoms with E-state index in [1.165, 1.54) is 11.3 Å². The molecule has 19 heavy (non-hydrogen) atoms. The fourth-order valence-electron chi connectivity index (χ4n) is 1.90. The Bertz CT molecular complexity index is 622. The van der Waals surface area contributed by atoms with Crippen LogP contribution in [-0.2, 0) is 6.42 Å². The molecule has 5 heteroatoms. The summed E-state index contributed by atoms with van der Waals surface area (Å²) in [4.78, 5) is 17.2. The van der Waals surface area contributed by atoms with Gasteiger partial charge < -0.3 is 5.32 Å². The van der Waals surface area contributed by atoms with E-state index in [-0.39, 0.29) is 5.91 Å². The van der Waals surface area contributed by atoms with Crippen LogP contribution in [0.2, 0.25) is 0 Å². The first-order valence-electron chi connectivity index (χ1n) is 6.05. The minimum atomic E-state index is -0.0832. The van der Waals surface area contributed by atoms with Crippen molar-refractivity contribution in [2.24, 2.45) is 0 Å². The molecule has 0 atom stereocenters. The number of hydrogen-bond donors (Lipinski definition) is 1. The van der Waals surface area contributed by atoms with Gasteiger partial charge >= 0.3 is 0 Å². The smallest absolute Gasteiger partial charge is 0.267 e. The molecule has 0 aliphatic carbocycles. The summed E-state index contributed by atoms with van der Waals surface area (Å²) in [6, 6.07) is 5.88. The van der Waals surface area contributed by atoms with Gasteiger partial charge in [0, 0.05) is 10.2 Å². The molecule has 0 fully saturated rings. The van der Waals surface area contributed by atoms with E-state index in [9.17, 15) is 4.79 Å². The number of anilines is 1. The third-order valence-corrected chi connectivity index (χ3v) is 4.37. The van der Waals surface area contributed by atoms with Gasteiger partial charge in [0.1, 0.15) is 4.88 Å². The SMILES string of the molecule is CCc1cc(Br)ccc1NC(=O)c1sc(C)nc1C. The van der Waals surface area contributed by atoms with Crippen molar-refractivity contribution >= 4 is 38.9 Å². The highest BCUT2D eigenvalue weighted by Gasteiger charge is 2.15. The Labute approximate surface area is 125 Å². The molecule has 3 nitrogen and oxygen atoms in total. The minimum Gasteiger partial charge on any atom is -0.321 e. The minimum absolute atomic E-state index is 0.0832. The van der Waals surface area contributed by atoms with Gasteiger partial charge in [0.2, 0.25) is 0 Å². The van der Waals surface area contributed by atoms with Crippen LogP contribution in [0, 0.1) is 13.8 Å². The molecule has 0 unspecified atom stereocenters. The third-order valence-electron chi connectivity index (χ3n) is 2.81. The van der Waals surface area contributed by atoms with E-state index in [1.807, 2.05) is 32.0 Å². The second-order valence-electron chi connectivity index (χ2n) is 4.26. The van der Waals surface area contributed by atoms with Gasteiger partial charge in [0.05, 0.1) is 10.7 Å². The number of nitrogens with zero attached hydrogens (tertiary/aromatic N) is 1. The van der Waals surface area contributed by atoms with Crippen LogP contribution in [0.15, 0.2) is 22.7 Å². The second-order valence-corrected chi connectivity index (χ2v) is 6.38. The van der Waals surface area contributed by atoms with Crippen LogP contribution in [0.4, 0.5) is 5.69 Å². The van der Waals surface area contributed by atoms with Crippen molar-refractivity contribution in [1.29, 1.82) is 0 Å². The fraction of sp³-hybridized carbons (Fsp3) is 0.286. The van der Waals surface area contributed by atoms with Gasteiger partial charge in [-0.2, -0.15) is 0 Å². The number of hydrogen-bond acceptors (Lipinski definition) is 3. The third kappa shape index (κ3) is 3.22. The second kappa shape index (κ2) is 5.84. The maximum absolute atomic E-state index is 12.2. The maximum atomic E-state index is 12.2. The molecule has 2 rings (SSSR count). The van der Waals surface area contributed by atoms with E-state index in [4.69, 9.17) is 0 Å². The predicted molar refractivity (Wildman–Crippen MR) is 83.1 cm³/mol. The summed E-state index contributed by atoms with van der Waals surface area (Å²) in [7, 11) is 0. The average Bonchev–Trinajstić information content (AvgIpc) is 2.70. The molecule has 0 aliphatic rings. The largest absolute Gasteiger partial charge is 0.321 e. The molecule has 1 amide bonds. The number of benzene rings is 1. The average molecular weight is 339 g/mol. The number of amides is 1. The van der Waals surface area contributed by atoms with Crippen molar-refractivity contribution in [3.05, 3.63) is 43.8 Å². The summed E-state index contributed by atoms with van der Waals surface area (Å²) in [5.41, 5.74) is 2.76. The number of thiazole rings is 1. The lowest BCUT2D eigenvalue weighted by Gasteiger charge is -2.09. The molecule has 1 N–H and O–H groups in total. The van der Waals surface area contributed by atoms with Gasteiger partial charge in [0.25, 0.3) is 5.91 Å². The first-order valence-corrected chi connectivity index (χ1v) is 7.66. The zero-order chi connectivity index (χ0) is 14.0. The molecular formula is C14H15BrN2OS. The monoisotopic (exact) mass is 338 g/mol. The first-order chi connectivity index (χ1) is 9.01. The molecule has 100 valence electrons. The molecule has 0 radical (unpaired) electrons. The van der Waals surface area contributed by atoms with Crippen LogP contribution in [0.25, 0.3) is 0 Å². The number of carbonyl (C=O) groups excluding carboxylic acids is 1. The lowest BCUT2D eigenvalue weighted by atomic mass is 10.1. The number of rotatable bonds is 3. The number of halogens is 1. The van der Waals surface area contributed by atoms with E-state index in [1.54, 1.807) is 0 Å². The summed E-state index contributed by atoms with van der Waals surface area (Å²) in [6.45, 7) is 5.84. The highest BCUT2D eigenvalue weighted by atomic mass is 79.9. The van der Waals surface area contributed by atoms with Crippen LogP contribution < -0.4 is 5.32 Å². The van der Waals surface area contributed by atoms with Crippen molar-refractivity contribution in [2.45, 2.75) is 27.2 Å². The van der Waals surface area contributed by atoms with Gasteiger partial charge in [-0.3, -0.25) is 4.79 Å². The summed E-state index contributed by atoms with van der Waals surface area (Å²) in [6.07, 6.45) is 0.871. The number of aromatic nitrogens is 1. The first kappa shape index (κ1) is 14.2. The molecule has 0 aliphatic heterocycles. The molecular weight excluding hydrogens is 324 g/mol. The molecule has 2 aromatic rings. The van der Waals surface area contributed by atoms with Crippen molar-refractivity contribution < 1.29 is 4.79 Å². The van der Waals surface area contributed by atoms with E-state index >= 15 is 0 Å². The molecule has 0 bridgehead atoms. The van der Waals surface area contributed by atoms with Crippen LogP contribution in [0.5, 0.6) is 0 Å². The zero-order valence-corrected chi connectivity index (χ0v) is 13.5. The van der Waals surface area contributed by atoms with Crippen molar-refractivity contribution in [2.75, 3.05) is 5.32 Å². The molecule has 0 spiro atoms. The Morgan fingerprint density at radius 3 is 2.74 bits per heavy atom. The van der Waals surface area contributed by atoms with Gasteiger partial charge in [-0.15, -0.1) is 11.3 Å². The Morgan fingerprint density at radius 2 is 2.16 bits per heavy atom. The summed E-state index contributed by atoms with van der Waals surface area (Å²) >= 11 is 4.87. The number of aryl methyl sites for hydroxylation is 3. The fourth-order valence-corrected chi connectivity index (χ4v) is 3.12. The Balaban J connectivity index is 2.26. The van der Waals surface area contributed by atoms with Gasteiger partial charge in [-0.05, 0) is 44.0 Å². The van der Waals surface area contributed by atoms with Gasteiger partial charge in [0.15, 0.2) is 0 Å². The van der Waals surface area contributed by atoms with E-state index in [0.29, 0.717) is 4.88 Å². The summed E-state index contributed by atoms with van der Waals surface area (Å²) in [5.74, 6) is -0.0832. The summed E-state index contributed by atoms with van der Waals surface area (Å²) in [5, 5.41) is 3.88. The molecule has 0 saturated heterocycles. The van der Waals surface area contributed by atoms with Crippen molar-refractivity contribution in [1.82, 2.24) is 4.98 Å². The molecule has 1 aromatic heterocycles. The standard InChI is InChI=1S/C14H15BrN2OS/c1-4-10-7-11(15)5-6-12(10)17-14(18)13-8(2)16-9(3)19-13/h5-7H,4H2,1-3H3,(H,17,18). The lowest BCUT2D eigenvalue weighted by Crippen LogP contribution is -2.13. The zero-order valence-electron chi connectivity index (χ0n) is 11.1. The van der Waals surface area contributed by atoms with Gasteiger partial charge in [-0.25, -0.2) is 4.98 Å². The van der Waals surface area contributed by atoms with Crippen molar-refractivity contribution in [3.8, 4) is 0 Å². The Kier molecular flexibility index (Phi) is 4.37. The molecule has 1 aromatic carbocycles. The summed E-state index contributed by atoms with van der Waals surface area (Å²) < 4.78 is 1.02.